The topological polar surface area (TPSA) is 79.2 Å². The molecule has 1 atom stereocenters. The fraction of sp³-hybridized carbons (Fsp3) is 0.0588. The summed E-state index contributed by atoms with van der Waals surface area (Å²) in [5.41, 5.74) is 2.82. The van der Waals surface area contributed by atoms with Gasteiger partial charge in [-0.15, -0.1) is 0 Å². The van der Waals surface area contributed by atoms with Crippen LogP contribution in [0.3, 0.4) is 0 Å². The third kappa shape index (κ3) is 2.97. The van der Waals surface area contributed by atoms with E-state index < -0.39 is 11.0 Å². The maximum absolute atomic E-state index is 10.7. The largest absolute Gasteiger partial charge is 0.384 e. The lowest BCUT2D eigenvalue weighted by Gasteiger charge is -2.13. The van der Waals surface area contributed by atoms with Gasteiger partial charge >= 0.3 is 0 Å². The standard InChI is InChI=1S/C17H13ClN2O3/c18-16-4-2-1-3-13(16)14-9-19-10-15(14)17(21)11-5-7-12(8-6-11)20(22)23/h1-10,17,19,21H. The lowest BCUT2D eigenvalue weighted by molar-refractivity contribution is -0.384. The summed E-state index contributed by atoms with van der Waals surface area (Å²) < 4.78 is 0. The zero-order valence-corrected chi connectivity index (χ0v) is 12.7. The summed E-state index contributed by atoms with van der Waals surface area (Å²) in [5, 5.41) is 21.9. The van der Waals surface area contributed by atoms with Crippen molar-refractivity contribution >= 4 is 17.3 Å². The number of nitro groups is 1. The highest BCUT2D eigenvalue weighted by molar-refractivity contribution is 6.33. The molecule has 0 saturated carbocycles. The van der Waals surface area contributed by atoms with Crippen molar-refractivity contribution in [1.29, 1.82) is 0 Å². The summed E-state index contributed by atoms with van der Waals surface area (Å²) in [6.07, 6.45) is 2.56. The van der Waals surface area contributed by atoms with E-state index in [1.807, 2.05) is 18.2 Å². The first-order chi connectivity index (χ1) is 11.1. The first-order valence-corrected chi connectivity index (χ1v) is 7.29. The molecule has 0 radical (unpaired) electrons. The van der Waals surface area contributed by atoms with Crippen molar-refractivity contribution in [2.75, 3.05) is 0 Å². The normalized spacial score (nSPS) is 12.1. The van der Waals surface area contributed by atoms with Gasteiger partial charge in [-0.3, -0.25) is 10.1 Å². The lowest BCUT2D eigenvalue weighted by atomic mass is 9.96. The van der Waals surface area contributed by atoms with Crippen LogP contribution in [0.2, 0.25) is 5.02 Å². The molecule has 3 aromatic rings. The van der Waals surface area contributed by atoms with Gasteiger partial charge < -0.3 is 10.1 Å². The Labute approximate surface area is 137 Å². The maximum Gasteiger partial charge on any atom is 0.269 e. The molecule has 0 bridgehead atoms. The van der Waals surface area contributed by atoms with Crippen LogP contribution in [0.4, 0.5) is 5.69 Å². The van der Waals surface area contributed by atoms with Gasteiger partial charge in [-0.25, -0.2) is 0 Å². The highest BCUT2D eigenvalue weighted by Gasteiger charge is 2.18. The van der Waals surface area contributed by atoms with E-state index in [9.17, 15) is 15.2 Å². The SMILES string of the molecule is O=[N+]([O-])c1ccc(C(O)c2c[nH]cc2-c2ccccc2Cl)cc1. The van der Waals surface area contributed by atoms with Gasteiger partial charge in [0.1, 0.15) is 6.10 Å². The predicted molar refractivity (Wildman–Crippen MR) is 88.4 cm³/mol. The number of hydrogen-bond donors (Lipinski definition) is 2. The van der Waals surface area contributed by atoms with E-state index in [-0.39, 0.29) is 5.69 Å². The lowest BCUT2D eigenvalue weighted by Crippen LogP contribution is -2.00. The molecule has 3 rings (SSSR count). The number of aliphatic hydroxyl groups is 1. The molecule has 0 aliphatic carbocycles. The minimum Gasteiger partial charge on any atom is -0.384 e. The maximum atomic E-state index is 10.7. The third-order valence-corrected chi connectivity index (χ3v) is 3.99. The summed E-state index contributed by atoms with van der Waals surface area (Å²) in [4.78, 5) is 13.2. The number of H-pyrrole nitrogens is 1. The third-order valence-electron chi connectivity index (χ3n) is 3.66. The van der Waals surface area contributed by atoms with Gasteiger partial charge in [0.05, 0.1) is 4.92 Å². The van der Waals surface area contributed by atoms with Crippen molar-refractivity contribution in [3.63, 3.8) is 0 Å². The van der Waals surface area contributed by atoms with Crippen LogP contribution in [0, 0.1) is 10.1 Å². The quantitative estimate of drug-likeness (QED) is 0.552. The van der Waals surface area contributed by atoms with E-state index in [1.165, 1.54) is 12.1 Å². The van der Waals surface area contributed by atoms with Gasteiger partial charge in [0.25, 0.3) is 5.69 Å². The second-order valence-corrected chi connectivity index (χ2v) is 5.46. The Kier molecular flexibility index (Phi) is 4.14. The number of aromatic amines is 1. The summed E-state index contributed by atoms with van der Waals surface area (Å²) in [6, 6.07) is 13.2. The molecule has 0 fully saturated rings. The van der Waals surface area contributed by atoms with Gasteiger partial charge in [-0.1, -0.05) is 29.8 Å². The van der Waals surface area contributed by atoms with Crippen molar-refractivity contribution < 1.29 is 10.0 Å². The van der Waals surface area contributed by atoms with Crippen LogP contribution >= 0.6 is 11.6 Å². The number of halogens is 1. The van der Waals surface area contributed by atoms with E-state index in [1.54, 1.807) is 30.6 Å². The van der Waals surface area contributed by atoms with Crippen LogP contribution in [0.15, 0.2) is 60.9 Å². The van der Waals surface area contributed by atoms with Crippen molar-refractivity contribution in [2.24, 2.45) is 0 Å². The van der Waals surface area contributed by atoms with E-state index in [2.05, 4.69) is 4.98 Å². The number of nitrogens with zero attached hydrogens (tertiary/aromatic N) is 1. The minimum absolute atomic E-state index is 0.0126. The fourth-order valence-electron chi connectivity index (χ4n) is 2.47. The molecule has 2 aromatic carbocycles. The molecule has 0 spiro atoms. The second-order valence-electron chi connectivity index (χ2n) is 5.06. The molecule has 116 valence electrons. The van der Waals surface area contributed by atoms with Crippen molar-refractivity contribution in [3.8, 4) is 11.1 Å². The molecule has 2 N–H and O–H groups in total. The molecule has 23 heavy (non-hydrogen) atoms. The molecule has 0 saturated heterocycles. The van der Waals surface area contributed by atoms with Crippen LogP contribution < -0.4 is 0 Å². The van der Waals surface area contributed by atoms with Gasteiger partial charge in [0.2, 0.25) is 0 Å². The van der Waals surface area contributed by atoms with Gasteiger partial charge in [0, 0.05) is 46.2 Å². The van der Waals surface area contributed by atoms with Gasteiger partial charge in [-0.2, -0.15) is 0 Å². The molecular formula is C17H13ClN2O3. The van der Waals surface area contributed by atoms with E-state index in [0.29, 0.717) is 16.1 Å². The first-order valence-electron chi connectivity index (χ1n) is 6.92. The number of non-ortho nitro benzene ring substituents is 1. The highest BCUT2D eigenvalue weighted by Crippen LogP contribution is 2.35. The van der Waals surface area contributed by atoms with Gasteiger partial charge in [-0.05, 0) is 23.8 Å². The fourth-order valence-corrected chi connectivity index (χ4v) is 2.71. The summed E-state index contributed by atoms with van der Waals surface area (Å²) in [5.74, 6) is 0. The van der Waals surface area contributed by atoms with Crippen molar-refractivity contribution in [1.82, 2.24) is 4.98 Å². The first kappa shape index (κ1) is 15.3. The van der Waals surface area contributed by atoms with Crippen LogP contribution in [-0.2, 0) is 0 Å². The zero-order valence-electron chi connectivity index (χ0n) is 11.9. The number of nitro benzene ring substituents is 1. The Hall–Kier alpha value is -2.63. The van der Waals surface area contributed by atoms with Gasteiger partial charge in [0.15, 0.2) is 0 Å². The molecule has 0 amide bonds. The summed E-state index contributed by atoms with van der Waals surface area (Å²) in [7, 11) is 0. The molecule has 1 unspecified atom stereocenters. The van der Waals surface area contributed by atoms with Crippen molar-refractivity contribution in [3.05, 3.63) is 87.2 Å². The van der Waals surface area contributed by atoms with Crippen molar-refractivity contribution in [2.45, 2.75) is 6.10 Å². The molecular weight excluding hydrogens is 316 g/mol. The van der Waals surface area contributed by atoms with Crippen LogP contribution in [0.1, 0.15) is 17.2 Å². The molecule has 0 aliphatic rings. The number of aliphatic hydroxyl groups excluding tert-OH is 1. The number of aromatic nitrogens is 1. The molecule has 5 nitrogen and oxygen atoms in total. The highest BCUT2D eigenvalue weighted by atomic mass is 35.5. The second kappa shape index (κ2) is 6.24. The van der Waals surface area contributed by atoms with E-state index in [0.717, 1.165) is 11.1 Å². The Bertz CT molecular complexity index is 843. The zero-order chi connectivity index (χ0) is 16.4. The number of hydrogen-bond acceptors (Lipinski definition) is 3. The summed E-state index contributed by atoms with van der Waals surface area (Å²) in [6.45, 7) is 0. The Morgan fingerprint density at radius 3 is 2.39 bits per heavy atom. The average Bonchev–Trinajstić information content (AvgIpc) is 3.04. The number of nitrogens with one attached hydrogen (secondary N) is 1. The summed E-state index contributed by atoms with van der Waals surface area (Å²) >= 11 is 6.22. The molecule has 0 aliphatic heterocycles. The Morgan fingerprint density at radius 2 is 1.74 bits per heavy atom. The van der Waals surface area contributed by atoms with Crippen LogP contribution in [-0.4, -0.2) is 15.0 Å². The number of benzene rings is 2. The van der Waals surface area contributed by atoms with Crippen LogP contribution in [0.5, 0.6) is 0 Å². The smallest absolute Gasteiger partial charge is 0.269 e. The predicted octanol–water partition coefficient (Wildman–Crippen LogP) is 4.33. The minimum atomic E-state index is -0.909. The monoisotopic (exact) mass is 328 g/mol. The molecule has 1 heterocycles. The van der Waals surface area contributed by atoms with Crippen LogP contribution in [0.25, 0.3) is 11.1 Å². The molecule has 1 aromatic heterocycles. The Balaban J connectivity index is 1.98. The van der Waals surface area contributed by atoms with E-state index in [4.69, 9.17) is 11.6 Å². The Morgan fingerprint density at radius 1 is 1.04 bits per heavy atom. The van der Waals surface area contributed by atoms with E-state index >= 15 is 0 Å². The molecule has 6 heteroatoms. The average molecular weight is 329 g/mol. The number of rotatable bonds is 4.